The normalized spacial score (nSPS) is 13.4. The fourth-order valence-corrected chi connectivity index (χ4v) is 9.07. The number of nitrogens with zero attached hydrogens (tertiary/aromatic N) is 1. The molecule has 2 aromatic heterocycles. The van der Waals surface area contributed by atoms with E-state index in [-0.39, 0.29) is 0 Å². The number of rotatable bonds is 4. The second-order valence-corrected chi connectivity index (χ2v) is 13.7. The van der Waals surface area contributed by atoms with Crippen molar-refractivity contribution in [2.75, 3.05) is 4.90 Å². The van der Waals surface area contributed by atoms with Crippen LogP contribution in [-0.2, 0) is 5.41 Å². The van der Waals surface area contributed by atoms with Crippen molar-refractivity contribution in [1.29, 1.82) is 0 Å². The minimum Gasteiger partial charge on any atom is -0.456 e. The minimum absolute atomic E-state index is 0.424. The molecule has 0 fully saturated rings. The fraction of sp³-hybridized carbons (Fsp3) is 0.0455. The first-order chi connectivity index (χ1) is 23.2. The Morgan fingerprint density at radius 2 is 1.11 bits per heavy atom. The Kier molecular flexibility index (Phi) is 5.61. The summed E-state index contributed by atoms with van der Waals surface area (Å²) in [6.07, 6.45) is 0. The van der Waals surface area contributed by atoms with Gasteiger partial charge in [-0.1, -0.05) is 109 Å². The van der Waals surface area contributed by atoms with Crippen molar-refractivity contribution >= 4 is 70.5 Å². The number of hydrogen-bond acceptors (Lipinski definition) is 3. The van der Waals surface area contributed by atoms with E-state index in [1.165, 1.54) is 48.0 Å². The predicted octanol–water partition coefficient (Wildman–Crippen LogP) is 12.8. The molecule has 0 amide bonds. The van der Waals surface area contributed by atoms with E-state index in [0.717, 1.165) is 39.0 Å². The highest BCUT2D eigenvalue weighted by molar-refractivity contribution is 7.25. The van der Waals surface area contributed by atoms with Crippen LogP contribution in [0.25, 0.3) is 53.2 Å². The van der Waals surface area contributed by atoms with E-state index < -0.39 is 5.41 Å². The van der Waals surface area contributed by atoms with E-state index in [1.54, 1.807) is 0 Å². The van der Waals surface area contributed by atoms with Gasteiger partial charge in [-0.3, -0.25) is 0 Å². The number of benzene rings is 7. The third-order valence-electron chi connectivity index (χ3n) is 10.1. The van der Waals surface area contributed by atoms with Gasteiger partial charge in [-0.15, -0.1) is 11.3 Å². The molecule has 0 spiro atoms. The lowest BCUT2D eigenvalue weighted by Gasteiger charge is -2.31. The average Bonchev–Trinajstić information content (AvgIpc) is 3.77. The highest BCUT2D eigenvalue weighted by atomic mass is 32.1. The van der Waals surface area contributed by atoms with Gasteiger partial charge in [0.1, 0.15) is 11.2 Å². The van der Waals surface area contributed by atoms with Gasteiger partial charge in [0.05, 0.1) is 0 Å². The predicted molar refractivity (Wildman–Crippen MR) is 199 cm³/mol. The standard InChI is InChI=1S/C44H29NOS/c1-44(37-19-9-5-15-31(37)32-16-6-10-20-38(32)44)39-26-30(25-36-33-17-7-11-21-40(33)46-43(36)39)45(28-13-3-2-4-14-28)29-23-24-35-34-18-8-12-22-41(34)47-42(35)27-29/h2-27H,1H3. The molecule has 0 saturated carbocycles. The summed E-state index contributed by atoms with van der Waals surface area (Å²) >= 11 is 1.86. The van der Waals surface area contributed by atoms with Crippen molar-refractivity contribution in [3.05, 3.63) is 174 Å². The monoisotopic (exact) mass is 619 g/mol. The van der Waals surface area contributed by atoms with Crippen molar-refractivity contribution in [1.82, 2.24) is 0 Å². The number of para-hydroxylation sites is 2. The lowest BCUT2D eigenvalue weighted by atomic mass is 9.73. The maximum atomic E-state index is 6.81. The van der Waals surface area contributed by atoms with Crippen LogP contribution in [0.15, 0.2) is 162 Å². The Labute approximate surface area is 276 Å². The van der Waals surface area contributed by atoms with Gasteiger partial charge >= 0.3 is 0 Å². The van der Waals surface area contributed by atoms with E-state index in [2.05, 4.69) is 170 Å². The van der Waals surface area contributed by atoms with Crippen LogP contribution >= 0.6 is 11.3 Å². The summed E-state index contributed by atoms with van der Waals surface area (Å²) in [5, 5.41) is 4.86. The third-order valence-corrected chi connectivity index (χ3v) is 11.2. The quantitative estimate of drug-likeness (QED) is 0.195. The fourth-order valence-electron chi connectivity index (χ4n) is 7.93. The van der Waals surface area contributed by atoms with Gasteiger partial charge in [0.25, 0.3) is 0 Å². The molecule has 0 N–H and O–H groups in total. The second-order valence-electron chi connectivity index (χ2n) is 12.6. The number of thiophene rings is 1. The van der Waals surface area contributed by atoms with Crippen molar-refractivity contribution in [2.45, 2.75) is 12.3 Å². The Morgan fingerprint density at radius 1 is 0.468 bits per heavy atom. The van der Waals surface area contributed by atoms with Crippen molar-refractivity contribution in [2.24, 2.45) is 0 Å². The molecule has 0 unspecified atom stereocenters. The van der Waals surface area contributed by atoms with Crippen LogP contribution in [0, 0.1) is 0 Å². The Morgan fingerprint density at radius 3 is 1.89 bits per heavy atom. The van der Waals surface area contributed by atoms with E-state index in [1.807, 2.05) is 11.3 Å². The SMILES string of the molecule is CC1(c2cc(N(c3ccccc3)c3ccc4c(c3)sc3ccccc34)cc3c2oc2ccccc23)c2ccccc2-c2ccccc21. The molecule has 9 aromatic rings. The van der Waals surface area contributed by atoms with Gasteiger partial charge in [-0.05, 0) is 77.7 Å². The Balaban J connectivity index is 1.29. The average molecular weight is 620 g/mol. The van der Waals surface area contributed by atoms with Crippen LogP contribution in [0.3, 0.4) is 0 Å². The summed E-state index contributed by atoms with van der Waals surface area (Å²) in [7, 11) is 0. The molecule has 0 saturated heterocycles. The van der Waals surface area contributed by atoms with E-state index in [0.29, 0.717) is 0 Å². The van der Waals surface area contributed by atoms with E-state index in [4.69, 9.17) is 4.42 Å². The smallest absolute Gasteiger partial charge is 0.140 e. The van der Waals surface area contributed by atoms with Crippen molar-refractivity contribution < 1.29 is 4.42 Å². The summed E-state index contributed by atoms with van der Waals surface area (Å²) in [6.45, 7) is 2.37. The second kappa shape index (κ2) is 9.93. The highest BCUT2D eigenvalue weighted by Crippen LogP contribution is 2.55. The first-order valence-electron chi connectivity index (χ1n) is 16.1. The summed E-state index contributed by atoms with van der Waals surface area (Å²) in [5.41, 5.74) is 11.1. The van der Waals surface area contributed by atoms with Gasteiger partial charge in [-0.2, -0.15) is 0 Å². The van der Waals surface area contributed by atoms with Gasteiger partial charge in [0.15, 0.2) is 0 Å². The zero-order valence-electron chi connectivity index (χ0n) is 25.8. The Bertz CT molecular complexity index is 2620. The maximum absolute atomic E-state index is 6.81. The number of anilines is 3. The van der Waals surface area contributed by atoms with Crippen LogP contribution in [-0.4, -0.2) is 0 Å². The summed E-state index contributed by atoms with van der Waals surface area (Å²) < 4.78 is 9.41. The molecule has 7 aromatic carbocycles. The molecule has 0 bridgehead atoms. The van der Waals surface area contributed by atoms with Gasteiger partial charge in [-0.25, -0.2) is 0 Å². The van der Waals surface area contributed by atoms with E-state index in [9.17, 15) is 0 Å². The third kappa shape index (κ3) is 3.78. The molecular weight excluding hydrogens is 591 g/mol. The molecule has 2 heterocycles. The zero-order chi connectivity index (χ0) is 31.1. The summed E-state index contributed by atoms with van der Waals surface area (Å²) in [5.74, 6) is 0. The Hall–Kier alpha value is -5.64. The van der Waals surface area contributed by atoms with Crippen LogP contribution in [0.4, 0.5) is 17.1 Å². The minimum atomic E-state index is -0.424. The van der Waals surface area contributed by atoms with Crippen molar-refractivity contribution in [3.8, 4) is 11.1 Å². The first-order valence-corrected chi connectivity index (χ1v) is 16.9. The summed E-state index contributed by atoms with van der Waals surface area (Å²) in [4.78, 5) is 2.41. The molecular formula is C44H29NOS. The zero-order valence-corrected chi connectivity index (χ0v) is 26.6. The number of hydrogen-bond donors (Lipinski definition) is 0. The molecule has 47 heavy (non-hydrogen) atoms. The van der Waals surface area contributed by atoms with Gasteiger partial charge in [0, 0.05) is 59.0 Å². The first kappa shape index (κ1) is 26.6. The number of fused-ring (bicyclic) bond motifs is 9. The molecule has 3 heteroatoms. The highest BCUT2D eigenvalue weighted by Gasteiger charge is 2.43. The van der Waals surface area contributed by atoms with Gasteiger partial charge < -0.3 is 9.32 Å². The van der Waals surface area contributed by atoms with Crippen LogP contribution in [0.2, 0.25) is 0 Å². The molecule has 2 nitrogen and oxygen atoms in total. The molecule has 1 aliphatic rings. The summed E-state index contributed by atoms with van der Waals surface area (Å²) in [6, 6.07) is 57.2. The number of furan rings is 1. The molecule has 222 valence electrons. The maximum Gasteiger partial charge on any atom is 0.140 e. The molecule has 0 radical (unpaired) electrons. The largest absolute Gasteiger partial charge is 0.456 e. The van der Waals surface area contributed by atoms with Crippen LogP contribution in [0.1, 0.15) is 23.6 Å². The molecule has 10 rings (SSSR count). The lowest BCUT2D eigenvalue weighted by Crippen LogP contribution is -2.23. The molecule has 1 aliphatic carbocycles. The van der Waals surface area contributed by atoms with Gasteiger partial charge in [0.2, 0.25) is 0 Å². The molecule has 0 aliphatic heterocycles. The van der Waals surface area contributed by atoms with Crippen LogP contribution < -0.4 is 4.90 Å². The molecule has 0 atom stereocenters. The van der Waals surface area contributed by atoms with E-state index >= 15 is 0 Å². The van der Waals surface area contributed by atoms with Crippen LogP contribution in [0.5, 0.6) is 0 Å². The topological polar surface area (TPSA) is 16.4 Å². The van der Waals surface area contributed by atoms with Crippen molar-refractivity contribution in [3.63, 3.8) is 0 Å². The lowest BCUT2D eigenvalue weighted by molar-refractivity contribution is 0.638.